The third-order valence-electron chi connectivity index (χ3n) is 6.82. The predicted octanol–water partition coefficient (Wildman–Crippen LogP) is 6.09. The van der Waals surface area contributed by atoms with E-state index in [1.807, 2.05) is 14.0 Å². The highest BCUT2D eigenvalue weighted by atomic mass is 32.3. The van der Waals surface area contributed by atoms with Crippen molar-refractivity contribution in [1.82, 2.24) is 20.9 Å². The van der Waals surface area contributed by atoms with E-state index >= 15 is 0 Å². The summed E-state index contributed by atoms with van der Waals surface area (Å²) in [6.07, 6.45) is 15.5. The van der Waals surface area contributed by atoms with E-state index in [2.05, 4.69) is 103 Å². The van der Waals surface area contributed by atoms with Gasteiger partial charge in [-0.15, -0.1) is 11.3 Å². The molecule has 0 saturated carbocycles. The summed E-state index contributed by atoms with van der Waals surface area (Å²) in [6.45, 7) is 17.6. The van der Waals surface area contributed by atoms with Gasteiger partial charge in [-0.1, -0.05) is 61.3 Å². The second-order valence-corrected chi connectivity index (χ2v) is 18.8. The van der Waals surface area contributed by atoms with E-state index in [9.17, 15) is 24.0 Å². The van der Waals surface area contributed by atoms with Gasteiger partial charge in [0.15, 0.2) is 0 Å². The van der Waals surface area contributed by atoms with Crippen LogP contribution in [0, 0.1) is 5.92 Å². The first-order valence-electron chi connectivity index (χ1n) is 16.8. The largest absolute Gasteiger partial charge is 0.469 e. The van der Waals surface area contributed by atoms with Crippen molar-refractivity contribution in [2.75, 3.05) is 58.9 Å². The van der Waals surface area contributed by atoms with Crippen LogP contribution in [-0.4, -0.2) is 105 Å². The van der Waals surface area contributed by atoms with E-state index < -0.39 is 23.8 Å². The van der Waals surface area contributed by atoms with Crippen molar-refractivity contribution >= 4 is 64.0 Å². The molecule has 1 atom stereocenters. The molecule has 0 saturated heterocycles. The topological polar surface area (TPSA) is 153 Å². The van der Waals surface area contributed by atoms with E-state index in [-0.39, 0.29) is 34.0 Å². The van der Waals surface area contributed by atoms with E-state index in [1.165, 1.54) is 38.9 Å². The monoisotopic (exact) mass is 754 g/mol. The number of nitrogens with zero attached hydrogens (tertiary/aromatic N) is 1. The lowest BCUT2D eigenvalue weighted by molar-refractivity contribution is -0.141. The molecule has 1 aromatic rings. The van der Waals surface area contributed by atoms with Gasteiger partial charge in [0.2, 0.25) is 5.91 Å². The highest BCUT2D eigenvalue weighted by Crippen LogP contribution is 2.48. The second kappa shape index (κ2) is 33.0. The zero-order valence-electron chi connectivity index (χ0n) is 32.9. The smallest absolute Gasteiger partial charge is 0.325 e. The van der Waals surface area contributed by atoms with Gasteiger partial charge in [-0.2, -0.15) is 12.6 Å². The number of carbonyl (C=O) groups is 5. The van der Waals surface area contributed by atoms with Gasteiger partial charge in [-0.3, -0.25) is 19.2 Å². The van der Waals surface area contributed by atoms with Gasteiger partial charge in [0.05, 0.1) is 19.2 Å². The van der Waals surface area contributed by atoms with Crippen LogP contribution in [0.4, 0.5) is 0 Å². The van der Waals surface area contributed by atoms with Gasteiger partial charge < -0.3 is 30.2 Å². The molecule has 0 aliphatic carbocycles. The lowest BCUT2D eigenvalue weighted by Gasteiger charge is -2.40. The number of carbonyl (C=O) groups excluding carboxylic acids is 5. The maximum atomic E-state index is 12.1. The van der Waals surface area contributed by atoms with E-state index in [4.69, 9.17) is 0 Å². The third kappa shape index (κ3) is 32.8. The fourth-order valence-electron chi connectivity index (χ4n) is 2.80. The standard InChI is InChI=1S/C13H19N3O4S2.C8H16O.C7H18S.C4H11N.C3H6O2/c1-3-4-10-15-9(7-22-10)13(19)16-8(6-21)12(18)14-5-11(17)20-2;1-3-5-8(7-9)6-4-2;1-7(2,3)8(4,5)6;1-3-4-5-2;1-3(4)5-2/h7-8,21H,3-6H2,1-2H3,(H,14,18)(H,16,19);7-8H,3-6H2,1-2H3;1-6H3;5H,3-4H2,1-2H3;1-2H3. The fourth-order valence-corrected chi connectivity index (χ4v) is 3.93. The number of thiol groups is 1. The number of methoxy groups -OCH3 is 2. The maximum absolute atomic E-state index is 12.1. The quantitative estimate of drug-likeness (QED) is 0.0948. The molecule has 0 spiro atoms. The molecule has 0 aromatic carbocycles. The Bertz CT molecular complexity index is 990. The number of aldehydes is 1. The van der Waals surface area contributed by atoms with Gasteiger partial charge in [-0.05, 0) is 69.2 Å². The number of esters is 2. The number of hydrogen-bond acceptors (Lipinski definition) is 11. The molecule has 11 nitrogen and oxygen atoms in total. The first-order valence-corrected chi connectivity index (χ1v) is 21.2. The summed E-state index contributed by atoms with van der Waals surface area (Å²) >= 11 is 5.45. The SMILES string of the molecule is CC(C)(C)S(C)(C)C.CCCC(C=O)CCC.CCCNC.CCCc1nc(C(=O)NC(CS)C(=O)NCC(=O)OC)cs1.COC(C)=O. The van der Waals surface area contributed by atoms with E-state index in [0.29, 0.717) is 10.7 Å². The lowest BCUT2D eigenvalue weighted by Crippen LogP contribution is -2.49. The minimum Gasteiger partial charge on any atom is -0.469 e. The average molecular weight is 755 g/mol. The van der Waals surface area contributed by atoms with Crippen LogP contribution in [0.15, 0.2) is 5.38 Å². The Labute approximate surface area is 309 Å². The summed E-state index contributed by atoms with van der Waals surface area (Å²) in [4.78, 5) is 59.0. The Morgan fingerprint density at radius 1 is 0.980 bits per heavy atom. The van der Waals surface area contributed by atoms with Crippen molar-refractivity contribution in [2.24, 2.45) is 5.92 Å². The molecule has 0 bridgehead atoms. The molecule has 3 N–H and O–H groups in total. The van der Waals surface area contributed by atoms with Gasteiger partial charge in [-0.25, -0.2) is 15.0 Å². The van der Waals surface area contributed by atoms with Gasteiger partial charge >= 0.3 is 11.9 Å². The van der Waals surface area contributed by atoms with Gasteiger partial charge in [0.1, 0.15) is 24.6 Å². The Morgan fingerprint density at radius 2 is 1.49 bits per heavy atom. The number of aromatic nitrogens is 1. The molecule has 1 rings (SSSR count). The van der Waals surface area contributed by atoms with Crippen LogP contribution in [0.1, 0.15) is 109 Å². The normalized spacial score (nSPS) is 11.3. The van der Waals surface area contributed by atoms with Crippen molar-refractivity contribution < 1.29 is 33.4 Å². The van der Waals surface area contributed by atoms with Gasteiger partial charge in [0.25, 0.3) is 5.91 Å². The third-order valence-corrected chi connectivity index (χ3v) is 11.8. The summed E-state index contributed by atoms with van der Waals surface area (Å²) in [5, 5.41) is 10.5. The van der Waals surface area contributed by atoms with Gasteiger partial charge in [0, 0.05) is 24.0 Å². The first-order chi connectivity index (χ1) is 22.8. The molecular weight excluding hydrogens is 685 g/mol. The molecule has 0 aliphatic heterocycles. The van der Waals surface area contributed by atoms with Crippen LogP contribution in [0.2, 0.25) is 0 Å². The maximum Gasteiger partial charge on any atom is 0.325 e. The van der Waals surface area contributed by atoms with Crippen LogP contribution in [-0.2, 0) is 35.1 Å². The number of thiazole rings is 1. The predicted molar refractivity (Wildman–Crippen MR) is 213 cm³/mol. The summed E-state index contributed by atoms with van der Waals surface area (Å²) in [5.74, 6) is -1.32. The number of nitrogens with one attached hydrogen (secondary N) is 3. The second-order valence-electron chi connectivity index (χ2n) is 12.6. The average Bonchev–Trinajstić information content (AvgIpc) is 3.51. The summed E-state index contributed by atoms with van der Waals surface area (Å²) < 4.78 is 9.05. The zero-order chi connectivity index (χ0) is 39.1. The van der Waals surface area contributed by atoms with Crippen molar-refractivity contribution in [2.45, 2.75) is 111 Å². The molecule has 1 aromatic heterocycles. The van der Waals surface area contributed by atoms with Crippen molar-refractivity contribution in [3.63, 3.8) is 0 Å². The summed E-state index contributed by atoms with van der Waals surface area (Å²) in [7, 11) is 4.20. The van der Waals surface area contributed by atoms with Crippen LogP contribution in [0.3, 0.4) is 0 Å². The minimum atomic E-state index is -0.850. The molecule has 0 fully saturated rings. The summed E-state index contributed by atoms with van der Waals surface area (Å²) in [5.41, 5.74) is 0.279. The van der Waals surface area contributed by atoms with Crippen molar-refractivity contribution in [3.05, 3.63) is 16.1 Å². The molecule has 0 aliphatic rings. The summed E-state index contributed by atoms with van der Waals surface area (Å²) in [6, 6.07) is -0.850. The van der Waals surface area contributed by atoms with Crippen LogP contribution < -0.4 is 16.0 Å². The molecule has 1 heterocycles. The molecule has 14 heteroatoms. The van der Waals surface area contributed by atoms with Crippen LogP contribution >= 0.6 is 34.0 Å². The van der Waals surface area contributed by atoms with Crippen LogP contribution in [0.5, 0.6) is 0 Å². The number of amides is 2. The molecule has 0 radical (unpaired) electrons. The molecule has 290 valence electrons. The highest BCUT2D eigenvalue weighted by molar-refractivity contribution is 8.33. The Hall–Kier alpha value is -2.16. The zero-order valence-corrected chi connectivity index (χ0v) is 35.5. The van der Waals surface area contributed by atoms with E-state index in [0.717, 1.165) is 56.4 Å². The number of rotatable bonds is 15. The fraction of sp³-hybridized carbons (Fsp3) is 0.771. The lowest BCUT2D eigenvalue weighted by atomic mass is 10.0. The number of ether oxygens (including phenoxy) is 2. The molecule has 49 heavy (non-hydrogen) atoms. The number of hydrogen-bond donors (Lipinski definition) is 4. The molecule has 2 amide bonds. The Kier molecular flexibility index (Phi) is 36.1. The van der Waals surface area contributed by atoms with Crippen molar-refractivity contribution in [3.8, 4) is 0 Å². The van der Waals surface area contributed by atoms with Crippen LogP contribution in [0.25, 0.3) is 0 Å². The first kappa shape index (κ1) is 53.6. The molecule has 1 unspecified atom stereocenters. The Morgan fingerprint density at radius 3 is 1.80 bits per heavy atom. The van der Waals surface area contributed by atoms with E-state index in [1.54, 1.807) is 5.38 Å². The molecular formula is C35H70N4O7S3. The minimum absolute atomic E-state index is 0.102. The van der Waals surface area contributed by atoms with Crippen molar-refractivity contribution in [1.29, 1.82) is 0 Å². The highest BCUT2D eigenvalue weighted by Gasteiger charge is 2.23. The number of aryl methyl sites for hydroxylation is 1. The Balaban J connectivity index is -0.000000308.